The largest absolute Gasteiger partial charge is 0.497 e. The zero-order valence-corrected chi connectivity index (χ0v) is 15.8. The average Bonchev–Trinajstić information content (AvgIpc) is 2.74. The van der Waals surface area contributed by atoms with Crippen molar-refractivity contribution in [3.05, 3.63) is 90.0 Å². The van der Waals surface area contributed by atoms with Gasteiger partial charge in [0.15, 0.2) is 0 Å². The number of para-hydroxylation sites is 1. The minimum absolute atomic E-state index is 0.166. The summed E-state index contributed by atoms with van der Waals surface area (Å²) in [7, 11) is 1.62. The van der Waals surface area contributed by atoms with Crippen LogP contribution in [0.4, 0.5) is 5.69 Å². The van der Waals surface area contributed by atoms with Crippen molar-refractivity contribution in [2.45, 2.75) is 6.92 Å². The van der Waals surface area contributed by atoms with E-state index in [-0.39, 0.29) is 5.91 Å². The Labute approximate surface area is 163 Å². The summed E-state index contributed by atoms with van der Waals surface area (Å²) in [5.41, 5.74) is 4.94. The molecule has 0 bridgehead atoms. The van der Waals surface area contributed by atoms with E-state index >= 15 is 0 Å². The number of ether oxygens (including phenoxy) is 1. The molecule has 4 nitrogen and oxygen atoms in total. The zero-order valence-electron chi connectivity index (χ0n) is 15.8. The number of aryl methyl sites for hydroxylation is 1. The van der Waals surface area contributed by atoms with E-state index in [4.69, 9.17) is 9.72 Å². The van der Waals surface area contributed by atoms with Gasteiger partial charge in [0.25, 0.3) is 5.91 Å². The molecule has 0 saturated heterocycles. The van der Waals surface area contributed by atoms with E-state index in [1.807, 2.05) is 85.8 Å². The van der Waals surface area contributed by atoms with E-state index in [0.29, 0.717) is 11.3 Å². The van der Waals surface area contributed by atoms with Crippen LogP contribution < -0.4 is 10.1 Å². The highest BCUT2D eigenvalue weighted by Gasteiger charge is 2.15. The average molecular weight is 368 g/mol. The van der Waals surface area contributed by atoms with Crippen LogP contribution >= 0.6 is 0 Å². The standard InChI is InChI=1S/C24H20N2O2/c1-16-7-6-10-20-21(24(27)25-18-11-13-19(28-2)14-12-18)15-22(26-23(16)20)17-8-4-3-5-9-17/h3-15H,1-2H3,(H,25,27). The number of nitrogens with one attached hydrogen (secondary N) is 1. The first-order chi connectivity index (χ1) is 13.7. The van der Waals surface area contributed by atoms with Crippen molar-refractivity contribution in [2.75, 3.05) is 12.4 Å². The van der Waals surface area contributed by atoms with Crippen molar-refractivity contribution < 1.29 is 9.53 Å². The van der Waals surface area contributed by atoms with Crippen molar-refractivity contribution in [3.8, 4) is 17.0 Å². The third kappa shape index (κ3) is 3.45. The molecule has 0 aliphatic carbocycles. The maximum Gasteiger partial charge on any atom is 0.256 e. The van der Waals surface area contributed by atoms with Crippen LogP contribution in [0.25, 0.3) is 22.2 Å². The summed E-state index contributed by atoms with van der Waals surface area (Å²) in [6.45, 7) is 2.01. The normalized spacial score (nSPS) is 10.6. The number of hydrogen-bond acceptors (Lipinski definition) is 3. The predicted molar refractivity (Wildman–Crippen MR) is 113 cm³/mol. The van der Waals surface area contributed by atoms with Crippen LogP contribution in [0.5, 0.6) is 5.75 Å². The molecule has 4 heteroatoms. The molecule has 0 aliphatic heterocycles. The van der Waals surface area contributed by atoms with Gasteiger partial charge >= 0.3 is 0 Å². The van der Waals surface area contributed by atoms with Crippen molar-refractivity contribution in [2.24, 2.45) is 0 Å². The monoisotopic (exact) mass is 368 g/mol. The zero-order chi connectivity index (χ0) is 19.5. The van der Waals surface area contributed by atoms with Gasteiger partial charge in [0.2, 0.25) is 0 Å². The summed E-state index contributed by atoms with van der Waals surface area (Å²) < 4.78 is 5.17. The molecule has 1 amide bonds. The number of carbonyl (C=O) groups is 1. The summed E-state index contributed by atoms with van der Waals surface area (Å²) >= 11 is 0. The fourth-order valence-corrected chi connectivity index (χ4v) is 3.21. The van der Waals surface area contributed by atoms with Gasteiger partial charge in [-0.25, -0.2) is 4.98 Å². The molecule has 1 heterocycles. The van der Waals surface area contributed by atoms with Crippen LogP contribution in [-0.2, 0) is 0 Å². The molecule has 1 N–H and O–H groups in total. The van der Waals surface area contributed by atoms with E-state index in [0.717, 1.165) is 33.5 Å². The first-order valence-corrected chi connectivity index (χ1v) is 9.07. The van der Waals surface area contributed by atoms with Gasteiger partial charge in [-0.3, -0.25) is 4.79 Å². The van der Waals surface area contributed by atoms with Gasteiger partial charge in [-0.15, -0.1) is 0 Å². The third-order valence-corrected chi connectivity index (χ3v) is 4.70. The Morgan fingerprint density at radius 2 is 1.68 bits per heavy atom. The number of anilines is 1. The van der Waals surface area contributed by atoms with Crippen LogP contribution in [0, 0.1) is 6.92 Å². The van der Waals surface area contributed by atoms with Crippen LogP contribution in [0.15, 0.2) is 78.9 Å². The summed E-state index contributed by atoms with van der Waals surface area (Å²) in [5.74, 6) is 0.578. The Balaban J connectivity index is 1.80. The molecule has 28 heavy (non-hydrogen) atoms. The van der Waals surface area contributed by atoms with Crippen LogP contribution in [0.3, 0.4) is 0 Å². The highest BCUT2D eigenvalue weighted by molar-refractivity contribution is 6.13. The molecular weight excluding hydrogens is 348 g/mol. The maximum atomic E-state index is 13.1. The quantitative estimate of drug-likeness (QED) is 0.519. The number of rotatable bonds is 4. The summed E-state index contributed by atoms with van der Waals surface area (Å²) in [6.07, 6.45) is 0. The molecule has 4 rings (SSSR count). The fourth-order valence-electron chi connectivity index (χ4n) is 3.21. The maximum absolute atomic E-state index is 13.1. The fraction of sp³-hybridized carbons (Fsp3) is 0.0833. The van der Waals surface area contributed by atoms with Gasteiger partial charge in [-0.2, -0.15) is 0 Å². The minimum Gasteiger partial charge on any atom is -0.497 e. The number of carbonyl (C=O) groups excluding carboxylic acids is 1. The molecule has 0 spiro atoms. The minimum atomic E-state index is -0.166. The molecule has 138 valence electrons. The molecule has 1 aromatic heterocycles. The van der Waals surface area contributed by atoms with Crippen molar-refractivity contribution in [3.63, 3.8) is 0 Å². The van der Waals surface area contributed by atoms with Crippen LogP contribution in [0.2, 0.25) is 0 Å². The van der Waals surface area contributed by atoms with Gasteiger partial charge < -0.3 is 10.1 Å². The summed E-state index contributed by atoms with van der Waals surface area (Å²) in [4.78, 5) is 17.9. The Bertz CT molecular complexity index is 1140. The van der Waals surface area contributed by atoms with Gasteiger partial charge in [0, 0.05) is 16.6 Å². The van der Waals surface area contributed by atoms with E-state index in [2.05, 4.69) is 5.32 Å². The summed E-state index contributed by atoms with van der Waals surface area (Å²) in [6, 6.07) is 24.9. The van der Waals surface area contributed by atoms with Gasteiger partial charge in [0.1, 0.15) is 5.75 Å². The Hall–Kier alpha value is -3.66. The van der Waals surface area contributed by atoms with E-state index < -0.39 is 0 Å². The molecule has 0 aliphatic rings. The first kappa shape index (κ1) is 17.7. The Morgan fingerprint density at radius 3 is 2.39 bits per heavy atom. The molecule has 0 unspecified atom stereocenters. The lowest BCUT2D eigenvalue weighted by molar-refractivity contribution is 0.102. The number of nitrogens with zero attached hydrogens (tertiary/aromatic N) is 1. The molecule has 4 aromatic rings. The third-order valence-electron chi connectivity index (χ3n) is 4.70. The van der Waals surface area contributed by atoms with Gasteiger partial charge in [-0.05, 0) is 42.8 Å². The van der Waals surface area contributed by atoms with Crippen molar-refractivity contribution in [1.29, 1.82) is 0 Å². The second-order valence-corrected chi connectivity index (χ2v) is 6.57. The lowest BCUT2D eigenvalue weighted by Crippen LogP contribution is -2.13. The highest BCUT2D eigenvalue weighted by Crippen LogP contribution is 2.27. The predicted octanol–water partition coefficient (Wildman–Crippen LogP) is 5.47. The van der Waals surface area contributed by atoms with Gasteiger partial charge in [0.05, 0.1) is 23.9 Å². The molecule has 0 radical (unpaired) electrons. The van der Waals surface area contributed by atoms with Crippen LogP contribution in [-0.4, -0.2) is 18.0 Å². The molecule has 0 atom stereocenters. The number of methoxy groups -OCH3 is 1. The Kier molecular flexibility index (Phi) is 4.77. The van der Waals surface area contributed by atoms with Crippen molar-refractivity contribution in [1.82, 2.24) is 4.98 Å². The van der Waals surface area contributed by atoms with E-state index in [1.165, 1.54) is 0 Å². The second-order valence-electron chi connectivity index (χ2n) is 6.57. The molecular formula is C24H20N2O2. The van der Waals surface area contributed by atoms with Crippen molar-refractivity contribution >= 4 is 22.5 Å². The lowest BCUT2D eigenvalue weighted by Gasteiger charge is -2.12. The first-order valence-electron chi connectivity index (χ1n) is 9.07. The summed E-state index contributed by atoms with van der Waals surface area (Å²) in [5, 5.41) is 3.82. The molecule has 0 saturated carbocycles. The lowest BCUT2D eigenvalue weighted by atomic mass is 10.0. The van der Waals surface area contributed by atoms with Crippen LogP contribution in [0.1, 0.15) is 15.9 Å². The Morgan fingerprint density at radius 1 is 0.929 bits per heavy atom. The number of benzene rings is 3. The van der Waals surface area contributed by atoms with E-state index in [9.17, 15) is 4.79 Å². The van der Waals surface area contributed by atoms with Gasteiger partial charge in [-0.1, -0.05) is 48.5 Å². The molecule has 0 fully saturated rings. The molecule has 3 aromatic carbocycles. The van der Waals surface area contributed by atoms with E-state index in [1.54, 1.807) is 7.11 Å². The number of hydrogen-bond donors (Lipinski definition) is 1. The highest BCUT2D eigenvalue weighted by atomic mass is 16.5. The number of pyridine rings is 1. The SMILES string of the molecule is COc1ccc(NC(=O)c2cc(-c3ccccc3)nc3c(C)cccc23)cc1. The number of fused-ring (bicyclic) bond motifs is 1. The topological polar surface area (TPSA) is 51.2 Å². The number of amides is 1. The number of aromatic nitrogens is 1. The second kappa shape index (κ2) is 7.53. The smallest absolute Gasteiger partial charge is 0.256 e.